The van der Waals surface area contributed by atoms with Crippen molar-refractivity contribution in [1.29, 1.82) is 0 Å². The SMILES string of the molecule is CCCCOc1ccc(C(=O)C(SCCOCC)C(C)(C)C)cc1. The molecule has 0 fully saturated rings. The number of ether oxygens (including phenoxy) is 2. The summed E-state index contributed by atoms with van der Waals surface area (Å²) in [5, 5.41) is -0.0789. The van der Waals surface area contributed by atoms with Crippen LogP contribution >= 0.6 is 11.8 Å². The summed E-state index contributed by atoms with van der Waals surface area (Å²) in [6.07, 6.45) is 2.16. The van der Waals surface area contributed by atoms with E-state index in [1.54, 1.807) is 11.8 Å². The summed E-state index contributed by atoms with van der Waals surface area (Å²) in [7, 11) is 0. The molecular weight excluding hydrogens is 320 g/mol. The van der Waals surface area contributed by atoms with Crippen LogP contribution < -0.4 is 4.74 Å². The average molecular weight is 353 g/mol. The van der Waals surface area contributed by atoms with Gasteiger partial charge in [0.25, 0.3) is 0 Å². The molecule has 4 heteroatoms. The lowest BCUT2D eigenvalue weighted by Crippen LogP contribution is -2.32. The number of carbonyl (C=O) groups excluding carboxylic acids is 1. The summed E-state index contributed by atoms with van der Waals surface area (Å²) >= 11 is 1.69. The van der Waals surface area contributed by atoms with Crippen LogP contribution in [0.4, 0.5) is 0 Å². The first kappa shape index (κ1) is 21.0. The van der Waals surface area contributed by atoms with Crippen LogP contribution in [0.15, 0.2) is 24.3 Å². The first-order chi connectivity index (χ1) is 11.4. The Labute approximate surface area is 151 Å². The highest BCUT2D eigenvalue weighted by Gasteiger charge is 2.32. The lowest BCUT2D eigenvalue weighted by molar-refractivity contribution is 0.0950. The molecule has 0 bridgehead atoms. The Morgan fingerprint density at radius 2 is 1.79 bits per heavy atom. The highest BCUT2D eigenvalue weighted by molar-refractivity contribution is 8.00. The van der Waals surface area contributed by atoms with Crippen molar-refractivity contribution in [2.24, 2.45) is 5.41 Å². The van der Waals surface area contributed by atoms with Crippen LogP contribution in [0.2, 0.25) is 0 Å². The lowest BCUT2D eigenvalue weighted by atomic mass is 9.87. The van der Waals surface area contributed by atoms with Crippen molar-refractivity contribution in [2.45, 2.75) is 52.7 Å². The Morgan fingerprint density at radius 1 is 1.12 bits per heavy atom. The van der Waals surface area contributed by atoms with Crippen LogP contribution in [0.25, 0.3) is 0 Å². The molecule has 1 aromatic carbocycles. The summed E-state index contributed by atoms with van der Waals surface area (Å²) in [5.74, 6) is 1.85. The van der Waals surface area contributed by atoms with Crippen LogP contribution in [-0.4, -0.2) is 36.6 Å². The van der Waals surface area contributed by atoms with Gasteiger partial charge in [0.15, 0.2) is 5.78 Å². The predicted molar refractivity (Wildman–Crippen MR) is 103 cm³/mol. The number of benzene rings is 1. The van der Waals surface area contributed by atoms with Gasteiger partial charge in [0.05, 0.1) is 18.5 Å². The minimum atomic E-state index is -0.0930. The summed E-state index contributed by atoms with van der Waals surface area (Å²) in [4.78, 5) is 12.9. The zero-order valence-electron chi connectivity index (χ0n) is 15.8. The Kier molecular flexibility index (Phi) is 9.45. The molecule has 0 saturated heterocycles. The monoisotopic (exact) mass is 352 g/mol. The maximum absolute atomic E-state index is 12.9. The van der Waals surface area contributed by atoms with Gasteiger partial charge in [-0.15, -0.1) is 11.8 Å². The number of unbranched alkanes of at least 4 members (excludes halogenated alkanes) is 1. The molecule has 0 aliphatic rings. The molecule has 0 aliphatic heterocycles. The fourth-order valence-corrected chi connectivity index (χ4v) is 3.53. The Bertz CT molecular complexity index is 477. The zero-order chi connectivity index (χ0) is 18.0. The van der Waals surface area contributed by atoms with Crippen LogP contribution in [0.3, 0.4) is 0 Å². The van der Waals surface area contributed by atoms with Crippen molar-refractivity contribution in [1.82, 2.24) is 0 Å². The molecule has 0 aromatic heterocycles. The van der Waals surface area contributed by atoms with E-state index < -0.39 is 0 Å². The van der Waals surface area contributed by atoms with E-state index in [0.717, 1.165) is 36.5 Å². The van der Waals surface area contributed by atoms with E-state index in [1.807, 2.05) is 31.2 Å². The second-order valence-corrected chi connectivity index (χ2v) is 8.12. The molecule has 1 rings (SSSR count). The third-order valence-corrected chi connectivity index (χ3v) is 5.30. The van der Waals surface area contributed by atoms with Crippen molar-refractivity contribution in [3.05, 3.63) is 29.8 Å². The fourth-order valence-electron chi connectivity index (χ4n) is 2.29. The van der Waals surface area contributed by atoms with Crippen molar-refractivity contribution in [3.8, 4) is 5.75 Å². The van der Waals surface area contributed by atoms with Gasteiger partial charge < -0.3 is 9.47 Å². The molecule has 3 nitrogen and oxygen atoms in total. The van der Waals surface area contributed by atoms with Crippen molar-refractivity contribution in [3.63, 3.8) is 0 Å². The normalized spacial score (nSPS) is 12.9. The van der Waals surface area contributed by atoms with Gasteiger partial charge in [-0.25, -0.2) is 0 Å². The van der Waals surface area contributed by atoms with Crippen LogP contribution in [0, 0.1) is 5.41 Å². The number of rotatable bonds is 11. The van der Waals surface area contributed by atoms with E-state index in [1.165, 1.54) is 0 Å². The molecule has 1 unspecified atom stereocenters. The molecule has 0 aliphatic carbocycles. The Morgan fingerprint density at radius 3 is 2.33 bits per heavy atom. The lowest BCUT2D eigenvalue weighted by Gasteiger charge is -2.29. The number of thioether (sulfide) groups is 1. The number of ketones is 1. The molecular formula is C20H32O3S. The minimum Gasteiger partial charge on any atom is -0.494 e. The molecule has 0 saturated carbocycles. The highest BCUT2D eigenvalue weighted by atomic mass is 32.2. The number of carbonyl (C=O) groups is 1. The number of hydrogen-bond acceptors (Lipinski definition) is 4. The molecule has 24 heavy (non-hydrogen) atoms. The van der Waals surface area contributed by atoms with Gasteiger partial charge in [-0.05, 0) is 43.0 Å². The third kappa shape index (κ3) is 7.27. The first-order valence-corrected chi connectivity index (χ1v) is 9.91. The summed E-state index contributed by atoms with van der Waals surface area (Å²) in [6, 6.07) is 7.55. The molecule has 136 valence electrons. The molecule has 0 heterocycles. The summed E-state index contributed by atoms with van der Waals surface area (Å²) in [6.45, 7) is 12.6. The molecule has 0 N–H and O–H groups in total. The Hall–Kier alpha value is -1.00. The Balaban J connectivity index is 2.71. The van der Waals surface area contributed by atoms with Gasteiger partial charge in [0, 0.05) is 17.9 Å². The predicted octanol–water partition coefficient (Wildman–Crippen LogP) is 5.23. The minimum absolute atomic E-state index is 0.0789. The largest absolute Gasteiger partial charge is 0.494 e. The maximum Gasteiger partial charge on any atom is 0.176 e. The van der Waals surface area contributed by atoms with Gasteiger partial charge >= 0.3 is 0 Å². The highest BCUT2D eigenvalue weighted by Crippen LogP contribution is 2.33. The second kappa shape index (κ2) is 10.8. The smallest absolute Gasteiger partial charge is 0.176 e. The van der Waals surface area contributed by atoms with Gasteiger partial charge in [0.2, 0.25) is 0 Å². The van der Waals surface area contributed by atoms with Crippen LogP contribution in [0.5, 0.6) is 5.75 Å². The van der Waals surface area contributed by atoms with E-state index in [4.69, 9.17) is 9.47 Å². The fraction of sp³-hybridized carbons (Fsp3) is 0.650. The second-order valence-electron chi connectivity index (χ2n) is 6.90. The topological polar surface area (TPSA) is 35.5 Å². The molecule has 0 amide bonds. The molecule has 1 aromatic rings. The molecule has 0 spiro atoms. The van der Waals surface area contributed by atoms with E-state index in [2.05, 4.69) is 27.7 Å². The van der Waals surface area contributed by atoms with Gasteiger partial charge in [-0.2, -0.15) is 0 Å². The average Bonchev–Trinajstić information content (AvgIpc) is 2.54. The van der Waals surface area contributed by atoms with Crippen molar-refractivity contribution in [2.75, 3.05) is 25.6 Å². The first-order valence-electron chi connectivity index (χ1n) is 8.86. The standard InChI is InChI=1S/C20H32O3S/c1-6-8-13-23-17-11-9-16(10-12-17)18(21)19(20(3,4)5)24-15-14-22-7-2/h9-12,19H,6-8,13-15H2,1-5H3. The number of Topliss-reactive ketones (excluding diaryl/α,β-unsaturated/α-hetero) is 1. The van der Waals surface area contributed by atoms with Crippen LogP contribution in [0.1, 0.15) is 57.8 Å². The maximum atomic E-state index is 12.9. The zero-order valence-corrected chi connectivity index (χ0v) is 16.6. The molecule has 1 atom stereocenters. The van der Waals surface area contributed by atoms with Gasteiger partial charge in [0.1, 0.15) is 5.75 Å². The van der Waals surface area contributed by atoms with E-state index in [0.29, 0.717) is 13.2 Å². The molecule has 0 radical (unpaired) electrons. The number of hydrogen-bond donors (Lipinski definition) is 0. The quantitative estimate of drug-likeness (QED) is 0.403. The summed E-state index contributed by atoms with van der Waals surface area (Å²) < 4.78 is 11.1. The van der Waals surface area contributed by atoms with Crippen LogP contribution in [-0.2, 0) is 4.74 Å². The van der Waals surface area contributed by atoms with Crippen molar-refractivity contribution < 1.29 is 14.3 Å². The summed E-state index contributed by atoms with van der Waals surface area (Å²) in [5.41, 5.74) is 0.659. The van der Waals surface area contributed by atoms with Gasteiger partial charge in [-0.1, -0.05) is 34.1 Å². The van der Waals surface area contributed by atoms with E-state index in [-0.39, 0.29) is 16.4 Å². The van der Waals surface area contributed by atoms with Gasteiger partial charge in [-0.3, -0.25) is 4.79 Å². The van der Waals surface area contributed by atoms with E-state index >= 15 is 0 Å². The van der Waals surface area contributed by atoms with E-state index in [9.17, 15) is 4.79 Å². The van der Waals surface area contributed by atoms with Crippen molar-refractivity contribution >= 4 is 17.5 Å². The third-order valence-electron chi connectivity index (χ3n) is 3.65.